The van der Waals surface area contributed by atoms with Crippen molar-refractivity contribution in [1.82, 2.24) is 34.1 Å². The minimum absolute atomic E-state index is 0.630. The van der Waals surface area contributed by atoms with Gasteiger partial charge in [0.1, 0.15) is 18.3 Å². The van der Waals surface area contributed by atoms with Gasteiger partial charge in [0.2, 0.25) is 0 Å². The summed E-state index contributed by atoms with van der Waals surface area (Å²) in [6.07, 6.45) is 10.7. The van der Waals surface area contributed by atoms with E-state index in [4.69, 9.17) is 0 Å². The topological polar surface area (TPSA) is 73.8 Å². The van der Waals surface area contributed by atoms with Crippen molar-refractivity contribution in [3.63, 3.8) is 0 Å². The number of aromatic nitrogens is 7. The Balaban J connectivity index is 1.75. The molecular weight excluding hydrogens is 302 g/mol. The van der Waals surface area contributed by atoms with Crippen LogP contribution in [0.25, 0.3) is 17.2 Å². The van der Waals surface area contributed by atoms with Crippen LogP contribution in [0.1, 0.15) is 24.6 Å². The summed E-state index contributed by atoms with van der Waals surface area (Å²) in [6.45, 7) is 2.78. The standard InChI is InChI=1S/C17H17N7/c1-2-5-13-15(21-12-24-16(13)20-11-22-24)10-23-9-8-19-17(23)14-6-3-4-7-18-14/h3-4,6-9,11-12H,2,5,10H2,1H3. The summed E-state index contributed by atoms with van der Waals surface area (Å²) in [5.41, 5.74) is 3.86. The lowest BCUT2D eigenvalue weighted by molar-refractivity contribution is 0.742. The van der Waals surface area contributed by atoms with Crippen molar-refractivity contribution >= 4 is 5.65 Å². The molecule has 0 N–H and O–H groups in total. The average Bonchev–Trinajstić information content (AvgIpc) is 3.27. The molecular formula is C17H17N7. The monoisotopic (exact) mass is 319 g/mol. The zero-order chi connectivity index (χ0) is 16.4. The number of nitrogens with zero attached hydrogens (tertiary/aromatic N) is 7. The Morgan fingerprint density at radius 3 is 2.83 bits per heavy atom. The molecule has 0 unspecified atom stereocenters. The zero-order valence-corrected chi connectivity index (χ0v) is 13.4. The highest BCUT2D eigenvalue weighted by atomic mass is 15.3. The Morgan fingerprint density at radius 1 is 1.04 bits per heavy atom. The van der Waals surface area contributed by atoms with Gasteiger partial charge < -0.3 is 4.57 Å². The number of imidazole rings is 1. The maximum absolute atomic E-state index is 4.60. The molecule has 7 heteroatoms. The Morgan fingerprint density at radius 2 is 2.00 bits per heavy atom. The minimum atomic E-state index is 0.630. The number of rotatable bonds is 5. The van der Waals surface area contributed by atoms with Crippen LogP contribution in [0.3, 0.4) is 0 Å². The van der Waals surface area contributed by atoms with E-state index in [1.165, 1.54) is 0 Å². The molecule has 0 atom stereocenters. The average molecular weight is 319 g/mol. The van der Waals surface area contributed by atoms with Gasteiger partial charge in [0.05, 0.1) is 12.2 Å². The van der Waals surface area contributed by atoms with E-state index in [9.17, 15) is 0 Å². The fourth-order valence-electron chi connectivity index (χ4n) is 2.85. The third-order valence-electron chi connectivity index (χ3n) is 3.94. The lowest BCUT2D eigenvalue weighted by Crippen LogP contribution is -2.09. The van der Waals surface area contributed by atoms with Gasteiger partial charge in [-0.05, 0) is 18.6 Å². The van der Waals surface area contributed by atoms with Gasteiger partial charge >= 0.3 is 0 Å². The van der Waals surface area contributed by atoms with E-state index in [1.807, 2.05) is 24.4 Å². The molecule has 4 aromatic rings. The van der Waals surface area contributed by atoms with Gasteiger partial charge in [-0.15, -0.1) is 0 Å². The molecule has 0 aromatic carbocycles. The third-order valence-corrected chi connectivity index (χ3v) is 3.94. The highest BCUT2D eigenvalue weighted by Crippen LogP contribution is 2.19. The molecule has 24 heavy (non-hydrogen) atoms. The highest BCUT2D eigenvalue weighted by Gasteiger charge is 2.14. The molecule has 0 saturated carbocycles. The van der Waals surface area contributed by atoms with Gasteiger partial charge in [-0.2, -0.15) is 5.10 Å². The van der Waals surface area contributed by atoms with Gasteiger partial charge in [-0.3, -0.25) is 4.98 Å². The van der Waals surface area contributed by atoms with Crippen molar-refractivity contribution in [2.45, 2.75) is 26.3 Å². The van der Waals surface area contributed by atoms with Gasteiger partial charge in [0, 0.05) is 24.2 Å². The molecule has 7 nitrogen and oxygen atoms in total. The molecule has 0 radical (unpaired) electrons. The van der Waals surface area contributed by atoms with Gasteiger partial charge in [-0.25, -0.2) is 19.5 Å². The van der Waals surface area contributed by atoms with Gasteiger partial charge in [-0.1, -0.05) is 19.4 Å². The first-order chi connectivity index (χ1) is 11.9. The van der Waals surface area contributed by atoms with Crippen molar-refractivity contribution < 1.29 is 0 Å². The molecule has 0 fully saturated rings. The van der Waals surface area contributed by atoms with Crippen LogP contribution in [-0.4, -0.2) is 34.1 Å². The van der Waals surface area contributed by atoms with Crippen molar-refractivity contribution in [2.75, 3.05) is 0 Å². The van der Waals surface area contributed by atoms with Crippen LogP contribution >= 0.6 is 0 Å². The van der Waals surface area contributed by atoms with E-state index in [-0.39, 0.29) is 0 Å². The second kappa shape index (κ2) is 6.19. The molecule has 0 amide bonds. The maximum atomic E-state index is 4.60. The van der Waals surface area contributed by atoms with Crippen LogP contribution < -0.4 is 0 Å². The van der Waals surface area contributed by atoms with Crippen molar-refractivity contribution in [3.05, 3.63) is 60.7 Å². The lowest BCUT2D eigenvalue weighted by atomic mass is 10.1. The number of aryl methyl sites for hydroxylation is 1. The smallest absolute Gasteiger partial charge is 0.162 e. The summed E-state index contributed by atoms with van der Waals surface area (Å²) >= 11 is 0. The summed E-state index contributed by atoms with van der Waals surface area (Å²) in [6, 6.07) is 5.82. The summed E-state index contributed by atoms with van der Waals surface area (Å²) in [5, 5.41) is 4.18. The van der Waals surface area contributed by atoms with E-state index < -0.39 is 0 Å². The van der Waals surface area contributed by atoms with Crippen LogP contribution in [0, 0.1) is 0 Å². The first-order valence-corrected chi connectivity index (χ1v) is 7.95. The molecule has 0 bridgehead atoms. The molecule has 0 aliphatic heterocycles. The summed E-state index contributed by atoms with van der Waals surface area (Å²) in [4.78, 5) is 17.8. The molecule has 0 saturated heterocycles. The minimum Gasteiger partial charge on any atom is -0.324 e. The second-order valence-corrected chi connectivity index (χ2v) is 5.54. The first kappa shape index (κ1) is 14.5. The van der Waals surface area contributed by atoms with E-state index in [0.29, 0.717) is 6.54 Å². The molecule has 0 aliphatic carbocycles. The predicted molar refractivity (Wildman–Crippen MR) is 89.3 cm³/mol. The van der Waals surface area contributed by atoms with Crippen LogP contribution in [0.5, 0.6) is 0 Å². The Hall–Kier alpha value is -3.09. The second-order valence-electron chi connectivity index (χ2n) is 5.54. The summed E-state index contributed by atoms with van der Waals surface area (Å²) in [7, 11) is 0. The largest absolute Gasteiger partial charge is 0.324 e. The summed E-state index contributed by atoms with van der Waals surface area (Å²) in [5.74, 6) is 0.834. The number of hydrogen-bond donors (Lipinski definition) is 0. The lowest BCUT2D eigenvalue weighted by Gasteiger charge is -2.11. The van der Waals surface area contributed by atoms with E-state index in [0.717, 1.165) is 41.3 Å². The predicted octanol–water partition coefficient (Wildman–Crippen LogP) is 2.38. The van der Waals surface area contributed by atoms with Crippen LogP contribution in [0.2, 0.25) is 0 Å². The van der Waals surface area contributed by atoms with Crippen LogP contribution in [-0.2, 0) is 13.0 Å². The SMILES string of the molecule is CCCc1c(Cn2ccnc2-c2ccccn2)ncn2ncnc12. The molecule has 0 spiro atoms. The number of pyridine rings is 1. The normalized spacial score (nSPS) is 11.2. The van der Waals surface area contributed by atoms with E-state index >= 15 is 0 Å². The summed E-state index contributed by atoms with van der Waals surface area (Å²) < 4.78 is 3.79. The zero-order valence-electron chi connectivity index (χ0n) is 13.4. The van der Waals surface area contributed by atoms with Crippen molar-refractivity contribution in [1.29, 1.82) is 0 Å². The molecule has 4 rings (SSSR count). The fourth-order valence-corrected chi connectivity index (χ4v) is 2.85. The maximum Gasteiger partial charge on any atom is 0.162 e. The third kappa shape index (κ3) is 2.54. The van der Waals surface area contributed by atoms with Gasteiger partial charge in [0.15, 0.2) is 11.5 Å². The highest BCUT2D eigenvalue weighted by molar-refractivity contribution is 5.51. The molecule has 0 aliphatic rings. The first-order valence-electron chi connectivity index (χ1n) is 7.95. The quantitative estimate of drug-likeness (QED) is 0.564. The number of fused-ring (bicyclic) bond motifs is 1. The fraction of sp³-hybridized carbons (Fsp3) is 0.235. The van der Waals surface area contributed by atoms with Crippen LogP contribution in [0.15, 0.2) is 49.4 Å². The molecule has 4 aromatic heterocycles. The Labute approximate surface area is 139 Å². The van der Waals surface area contributed by atoms with E-state index in [1.54, 1.807) is 29.6 Å². The van der Waals surface area contributed by atoms with Gasteiger partial charge in [0.25, 0.3) is 0 Å². The van der Waals surface area contributed by atoms with Crippen molar-refractivity contribution in [2.24, 2.45) is 0 Å². The Bertz CT molecular complexity index is 955. The molecule has 4 heterocycles. The van der Waals surface area contributed by atoms with Crippen LogP contribution in [0.4, 0.5) is 0 Å². The Kier molecular flexibility index (Phi) is 3.74. The van der Waals surface area contributed by atoms with Crippen molar-refractivity contribution in [3.8, 4) is 11.5 Å². The molecule has 120 valence electrons. The van der Waals surface area contributed by atoms with E-state index in [2.05, 4.69) is 36.5 Å². The number of hydrogen-bond acceptors (Lipinski definition) is 5.